The Morgan fingerprint density at radius 3 is 2.84 bits per heavy atom. The molecule has 0 amide bonds. The van der Waals surface area contributed by atoms with Gasteiger partial charge in [0, 0.05) is 18.3 Å². The van der Waals surface area contributed by atoms with Crippen LogP contribution in [0.15, 0.2) is 42.5 Å². The first kappa shape index (κ1) is 19.0. The third-order valence-corrected chi connectivity index (χ3v) is 5.32. The van der Waals surface area contributed by atoms with Crippen molar-refractivity contribution in [3.8, 4) is 0 Å². The molecule has 0 spiro atoms. The van der Waals surface area contributed by atoms with Crippen LogP contribution in [0.1, 0.15) is 24.8 Å². The molecule has 1 aliphatic heterocycles. The van der Waals surface area contributed by atoms with Crippen molar-refractivity contribution >= 4 is 30.6 Å². The standard InChI is InChI=1S/C18H25BO4P2/c20-13(7-6-12-4-2-1-3-5-12)8-9-14-15-10-18(21)22-16(15)11-17(14)23-19(24)25/h1-5,8-9,13-17,20H,6-7,10-11,24-25H2/b9-8+/t13-,14-,15+,16-,17+/m0/s1. The molecule has 3 rings (SSSR count). The van der Waals surface area contributed by atoms with Crippen molar-refractivity contribution in [1.29, 1.82) is 0 Å². The molecular formula is C18H25BO4P2. The summed E-state index contributed by atoms with van der Waals surface area (Å²) >= 11 is 0. The van der Waals surface area contributed by atoms with Gasteiger partial charge in [-0.05, 0) is 18.4 Å². The lowest BCUT2D eigenvalue weighted by atomic mass is 9.91. The van der Waals surface area contributed by atoms with Gasteiger partial charge in [0.05, 0.1) is 18.6 Å². The van der Waals surface area contributed by atoms with E-state index in [2.05, 4.69) is 30.4 Å². The molecule has 0 aromatic heterocycles. The fourth-order valence-corrected chi connectivity index (χ4v) is 4.23. The van der Waals surface area contributed by atoms with E-state index in [4.69, 9.17) is 9.39 Å². The van der Waals surface area contributed by atoms with Gasteiger partial charge < -0.3 is 14.5 Å². The molecule has 0 bridgehead atoms. The summed E-state index contributed by atoms with van der Waals surface area (Å²) in [6.07, 6.45) is 6.01. The lowest BCUT2D eigenvalue weighted by molar-refractivity contribution is -0.141. The van der Waals surface area contributed by atoms with Crippen LogP contribution in [-0.2, 0) is 20.6 Å². The van der Waals surface area contributed by atoms with Crippen LogP contribution in [0.5, 0.6) is 0 Å². The van der Waals surface area contributed by atoms with Gasteiger partial charge in [0.2, 0.25) is 0 Å². The average Bonchev–Trinajstić information content (AvgIpc) is 3.07. The maximum atomic E-state index is 11.6. The third-order valence-electron chi connectivity index (χ3n) is 5.01. The largest absolute Gasteiger partial charge is 0.462 e. The van der Waals surface area contributed by atoms with E-state index < -0.39 is 6.10 Å². The van der Waals surface area contributed by atoms with Crippen LogP contribution in [0, 0.1) is 11.8 Å². The lowest BCUT2D eigenvalue weighted by Crippen LogP contribution is -2.24. The van der Waals surface area contributed by atoms with E-state index >= 15 is 0 Å². The van der Waals surface area contributed by atoms with Crippen LogP contribution in [0.2, 0.25) is 0 Å². The van der Waals surface area contributed by atoms with E-state index in [1.165, 1.54) is 5.56 Å². The molecule has 1 aliphatic carbocycles. The number of hydrogen-bond donors (Lipinski definition) is 1. The number of fused-ring (bicyclic) bond motifs is 1. The Hall–Kier alpha value is -0.725. The zero-order valence-electron chi connectivity index (χ0n) is 14.2. The van der Waals surface area contributed by atoms with Gasteiger partial charge in [0.1, 0.15) is 6.10 Å². The first-order valence-electron chi connectivity index (χ1n) is 8.79. The number of carbonyl (C=O) groups is 1. The highest BCUT2D eigenvalue weighted by molar-refractivity contribution is 7.92. The molecule has 2 aliphatic rings. The summed E-state index contributed by atoms with van der Waals surface area (Å²) in [4.78, 5) is 11.6. The van der Waals surface area contributed by atoms with E-state index in [-0.39, 0.29) is 36.4 Å². The summed E-state index contributed by atoms with van der Waals surface area (Å²) in [7, 11) is 5.22. The van der Waals surface area contributed by atoms with Crippen LogP contribution in [-0.4, -0.2) is 35.7 Å². The molecule has 4 nitrogen and oxygen atoms in total. The van der Waals surface area contributed by atoms with Crippen LogP contribution < -0.4 is 0 Å². The Kier molecular flexibility index (Phi) is 6.69. The van der Waals surface area contributed by atoms with Gasteiger partial charge in [-0.3, -0.25) is 4.79 Å². The fraction of sp³-hybridized carbons (Fsp3) is 0.500. The first-order chi connectivity index (χ1) is 12.0. The van der Waals surface area contributed by atoms with E-state index in [0.29, 0.717) is 12.8 Å². The predicted octanol–water partition coefficient (Wildman–Crippen LogP) is 2.61. The highest BCUT2D eigenvalue weighted by Crippen LogP contribution is 2.44. The molecule has 1 saturated carbocycles. The molecule has 1 aromatic carbocycles. The maximum absolute atomic E-state index is 11.6. The molecule has 2 fully saturated rings. The Morgan fingerprint density at radius 2 is 2.12 bits per heavy atom. The highest BCUT2D eigenvalue weighted by atomic mass is 31.1. The van der Waals surface area contributed by atoms with Crippen molar-refractivity contribution in [3.63, 3.8) is 0 Å². The smallest absolute Gasteiger partial charge is 0.336 e. The van der Waals surface area contributed by atoms with Gasteiger partial charge >= 0.3 is 12.3 Å². The Morgan fingerprint density at radius 1 is 1.36 bits per heavy atom. The number of ether oxygens (including phenoxy) is 1. The molecular weight excluding hydrogens is 353 g/mol. The van der Waals surface area contributed by atoms with Gasteiger partial charge in [-0.2, -0.15) is 0 Å². The number of aliphatic hydroxyl groups is 1. The second-order valence-corrected chi connectivity index (χ2v) is 8.91. The predicted molar refractivity (Wildman–Crippen MR) is 106 cm³/mol. The van der Waals surface area contributed by atoms with Crippen molar-refractivity contribution in [2.75, 3.05) is 0 Å². The monoisotopic (exact) mass is 378 g/mol. The molecule has 1 aromatic rings. The molecule has 1 heterocycles. The normalized spacial score (nSPS) is 29.6. The number of esters is 1. The molecule has 1 saturated heterocycles. The molecule has 1 N–H and O–H groups in total. The quantitative estimate of drug-likeness (QED) is 0.343. The number of aryl methyl sites for hydroxylation is 1. The van der Waals surface area contributed by atoms with Crippen molar-refractivity contribution in [3.05, 3.63) is 48.0 Å². The summed E-state index contributed by atoms with van der Waals surface area (Å²) in [5.74, 6) is 0.139. The Labute approximate surface area is 154 Å². The minimum absolute atomic E-state index is 0.0145. The van der Waals surface area contributed by atoms with Gasteiger partial charge in [0.25, 0.3) is 0 Å². The van der Waals surface area contributed by atoms with Crippen molar-refractivity contribution < 1.29 is 19.3 Å². The molecule has 7 atom stereocenters. The number of rotatable bonds is 7. The molecule has 25 heavy (non-hydrogen) atoms. The van der Waals surface area contributed by atoms with Crippen molar-refractivity contribution in [2.24, 2.45) is 11.8 Å². The maximum Gasteiger partial charge on any atom is 0.336 e. The molecule has 134 valence electrons. The van der Waals surface area contributed by atoms with Crippen molar-refractivity contribution in [2.45, 2.75) is 44.0 Å². The van der Waals surface area contributed by atoms with Gasteiger partial charge in [0.15, 0.2) is 0 Å². The third kappa shape index (κ3) is 5.14. The van der Waals surface area contributed by atoms with Gasteiger partial charge in [-0.15, -0.1) is 18.2 Å². The summed E-state index contributed by atoms with van der Waals surface area (Å²) < 4.78 is 11.4. The second-order valence-electron chi connectivity index (χ2n) is 6.83. The number of hydrogen-bond acceptors (Lipinski definition) is 4. The van der Waals surface area contributed by atoms with E-state index in [1.807, 2.05) is 30.4 Å². The van der Waals surface area contributed by atoms with E-state index in [9.17, 15) is 9.90 Å². The van der Waals surface area contributed by atoms with Crippen LogP contribution in [0.25, 0.3) is 0 Å². The SMILES string of the molecule is O=C1C[C@@H]2[C@H](/C=C/[C@@H](O)CCc3ccccc3)[C@H](OB(P)P)C[C@@H]2O1. The minimum atomic E-state index is -0.499. The van der Waals surface area contributed by atoms with Crippen LogP contribution in [0.4, 0.5) is 0 Å². The van der Waals surface area contributed by atoms with E-state index in [1.54, 1.807) is 0 Å². The van der Waals surface area contributed by atoms with Gasteiger partial charge in [-0.1, -0.05) is 42.5 Å². The highest BCUT2D eigenvalue weighted by Gasteiger charge is 2.49. The summed E-state index contributed by atoms with van der Waals surface area (Å²) in [6, 6.07) is 10.2. The van der Waals surface area contributed by atoms with Gasteiger partial charge in [-0.25, -0.2) is 0 Å². The summed E-state index contributed by atoms with van der Waals surface area (Å²) in [5, 5.41) is 10.3. The van der Waals surface area contributed by atoms with Crippen LogP contribution in [0.3, 0.4) is 0 Å². The molecule has 7 heteroatoms. The van der Waals surface area contributed by atoms with Crippen molar-refractivity contribution in [1.82, 2.24) is 0 Å². The second kappa shape index (κ2) is 8.78. The fourth-order valence-electron chi connectivity index (χ4n) is 3.82. The summed E-state index contributed by atoms with van der Waals surface area (Å²) in [5.41, 5.74) is 1.22. The minimum Gasteiger partial charge on any atom is -0.462 e. The Balaban J connectivity index is 1.59. The zero-order chi connectivity index (χ0) is 17.8. The Bertz CT molecular complexity index is 610. The van der Waals surface area contributed by atoms with E-state index in [0.717, 1.165) is 12.8 Å². The summed E-state index contributed by atoms with van der Waals surface area (Å²) in [6.45, 7) is 0. The topological polar surface area (TPSA) is 55.8 Å². The number of carbonyl (C=O) groups excluding carboxylic acids is 1. The molecule has 2 unspecified atom stereocenters. The molecule has 0 radical (unpaired) electrons. The average molecular weight is 378 g/mol. The zero-order valence-corrected chi connectivity index (χ0v) is 16.5. The lowest BCUT2D eigenvalue weighted by Gasteiger charge is -2.22. The number of aliphatic hydroxyl groups excluding tert-OH is 1. The number of benzene rings is 1. The van der Waals surface area contributed by atoms with Crippen LogP contribution >= 0.6 is 18.2 Å². The first-order valence-corrected chi connectivity index (χ1v) is 10.1.